The fraction of sp³-hybridized carbons (Fsp3) is 0.0625. The number of nitrogens with zero attached hydrogens (tertiary/aromatic N) is 1. The summed E-state index contributed by atoms with van der Waals surface area (Å²) >= 11 is 5.91. The van der Waals surface area contributed by atoms with Crippen LogP contribution in [0.15, 0.2) is 41.3 Å². The monoisotopic (exact) mass is 345 g/mol. The van der Waals surface area contributed by atoms with Crippen LogP contribution in [0.5, 0.6) is 11.5 Å². The molecule has 8 heteroatoms. The average molecular weight is 346 g/mol. The highest BCUT2D eigenvalue weighted by molar-refractivity contribution is 6.31. The molecule has 3 N–H and O–H groups in total. The van der Waals surface area contributed by atoms with E-state index >= 15 is 0 Å². The number of aromatic nitrogens is 2. The van der Waals surface area contributed by atoms with E-state index in [0.717, 1.165) is 0 Å². The van der Waals surface area contributed by atoms with E-state index in [1.807, 2.05) is 0 Å². The lowest BCUT2D eigenvalue weighted by atomic mass is 10.1. The highest BCUT2D eigenvalue weighted by Crippen LogP contribution is 2.29. The Labute approximate surface area is 140 Å². The van der Waals surface area contributed by atoms with Crippen LogP contribution >= 0.6 is 11.6 Å². The average Bonchev–Trinajstić information content (AvgIpc) is 2.55. The largest absolute Gasteiger partial charge is 0.506 e. The standard InChI is InChI=1S/C16H12ClN3O4/c1-24-11-5-4-8(17)7-10(11)19-15(22)12-13(21)9-3-2-6-18-14(9)20-16(12)23/h2-7H,1H3,(H,19,22)(H2,18,20,21,23). The molecule has 0 saturated heterocycles. The third-order valence-corrected chi connectivity index (χ3v) is 3.63. The maximum Gasteiger partial charge on any atom is 0.266 e. The van der Waals surface area contributed by atoms with E-state index in [-0.39, 0.29) is 16.7 Å². The van der Waals surface area contributed by atoms with Gasteiger partial charge < -0.3 is 20.1 Å². The zero-order valence-corrected chi connectivity index (χ0v) is 13.2. The van der Waals surface area contributed by atoms with Gasteiger partial charge in [0.2, 0.25) is 0 Å². The van der Waals surface area contributed by atoms with Crippen molar-refractivity contribution in [3.63, 3.8) is 0 Å². The van der Waals surface area contributed by atoms with E-state index in [0.29, 0.717) is 10.8 Å². The number of H-pyrrole nitrogens is 1. The van der Waals surface area contributed by atoms with Gasteiger partial charge in [-0.05, 0) is 30.3 Å². The lowest BCUT2D eigenvalue weighted by molar-refractivity contribution is 0.102. The molecule has 3 rings (SSSR count). The van der Waals surface area contributed by atoms with Gasteiger partial charge in [-0.2, -0.15) is 0 Å². The van der Waals surface area contributed by atoms with Crippen molar-refractivity contribution in [2.45, 2.75) is 0 Å². The summed E-state index contributed by atoms with van der Waals surface area (Å²) in [6.07, 6.45) is 1.47. The van der Waals surface area contributed by atoms with Crippen molar-refractivity contribution >= 4 is 34.2 Å². The molecule has 1 amide bonds. The molecule has 0 bridgehead atoms. The minimum Gasteiger partial charge on any atom is -0.506 e. The van der Waals surface area contributed by atoms with E-state index in [2.05, 4.69) is 15.3 Å². The Morgan fingerprint density at radius 3 is 2.92 bits per heavy atom. The van der Waals surface area contributed by atoms with Gasteiger partial charge in [0, 0.05) is 11.2 Å². The minimum atomic E-state index is -0.792. The summed E-state index contributed by atoms with van der Waals surface area (Å²) in [6, 6.07) is 7.78. The number of hydrogen-bond acceptors (Lipinski definition) is 5. The Morgan fingerprint density at radius 2 is 2.17 bits per heavy atom. The van der Waals surface area contributed by atoms with Gasteiger partial charge in [0.1, 0.15) is 22.7 Å². The van der Waals surface area contributed by atoms with E-state index in [4.69, 9.17) is 16.3 Å². The maximum absolute atomic E-state index is 12.5. The van der Waals surface area contributed by atoms with Crippen molar-refractivity contribution in [2.24, 2.45) is 0 Å². The van der Waals surface area contributed by atoms with Crippen LogP contribution in [0.3, 0.4) is 0 Å². The van der Waals surface area contributed by atoms with Crippen molar-refractivity contribution < 1.29 is 14.6 Å². The van der Waals surface area contributed by atoms with Gasteiger partial charge in [-0.15, -0.1) is 0 Å². The number of benzene rings is 1. The molecule has 122 valence electrons. The highest BCUT2D eigenvalue weighted by Gasteiger charge is 2.20. The summed E-state index contributed by atoms with van der Waals surface area (Å²) in [5.41, 5.74) is -0.702. The second kappa shape index (κ2) is 6.21. The first-order valence-electron chi connectivity index (χ1n) is 6.86. The number of rotatable bonds is 3. The quantitative estimate of drug-likeness (QED) is 0.676. The number of hydrogen-bond donors (Lipinski definition) is 3. The van der Waals surface area contributed by atoms with Gasteiger partial charge in [-0.1, -0.05) is 11.6 Å². The van der Waals surface area contributed by atoms with Crippen molar-refractivity contribution in [1.82, 2.24) is 9.97 Å². The molecule has 0 aliphatic rings. The number of methoxy groups -OCH3 is 1. The van der Waals surface area contributed by atoms with Gasteiger partial charge >= 0.3 is 0 Å². The number of amides is 1. The number of carbonyl (C=O) groups is 1. The number of fused-ring (bicyclic) bond motifs is 1. The fourth-order valence-corrected chi connectivity index (χ4v) is 2.45. The number of aromatic amines is 1. The Hall–Kier alpha value is -3.06. The van der Waals surface area contributed by atoms with Crippen LogP contribution in [0.1, 0.15) is 10.4 Å². The summed E-state index contributed by atoms with van der Waals surface area (Å²) in [5.74, 6) is -0.869. The van der Waals surface area contributed by atoms with Gasteiger partial charge in [-0.3, -0.25) is 9.59 Å². The highest BCUT2D eigenvalue weighted by atomic mass is 35.5. The van der Waals surface area contributed by atoms with Crippen LogP contribution in [-0.2, 0) is 0 Å². The molecule has 0 aliphatic carbocycles. The predicted octanol–water partition coefficient (Wildman–Crippen LogP) is 2.54. The van der Waals surface area contributed by atoms with Gasteiger partial charge in [0.15, 0.2) is 0 Å². The predicted molar refractivity (Wildman–Crippen MR) is 90.0 cm³/mol. The number of pyridine rings is 2. The topological polar surface area (TPSA) is 104 Å². The molecular formula is C16H12ClN3O4. The molecule has 0 saturated carbocycles. The Balaban J connectivity index is 2.07. The van der Waals surface area contributed by atoms with Crippen LogP contribution in [0.25, 0.3) is 11.0 Å². The first kappa shape index (κ1) is 15.8. The second-order valence-corrected chi connectivity index (χ2v) is 5.31. The molecule has 3 aromatic rings. The molecule has 0 unspecified atom stereocenters. The number of anilines is 1. The van der Waals surface area contributed by atoms with E-state index < -0.39 is 22.8 Å². The number of aromatic hydroxyl groups is 1. The molecule has 2 aromatic heterocycles. The maximum atomic E-state index is 12.5. The first-order chi connectivity index (χ1) is 11.5. The summed E-state index contributed by atoms with van der Waals surface area (Å²) in [4.78, 5) is 31.0. The molecule has 2 heterocycles. The fourth-order valence-electron chi connectivity index (χ4n) is 2.28. The normalized spacial score (nSPS) is 10.6. The van der Waals surface area contributed by atoms with Crippen molar-refractivity contribution in [3.8, 4) is 11.5 Å². The zero-order chi connectivity index (χ0) is 17.3. The summed E-state index contributed by atoms with van der Waals surface area (Å²) in [6.45, 7) is 0. The number of carbonyl (C=O) groups excluding carboxylic acids is 1. The molecule has 0 radical (unpaired) electrons. The Kier molecular flexibility index (Phi) is 4.09. The molecule has 7 nitrogen and oxygen atoms in total. The van der Waals surface area contributed by atoms with Crippen LogP contribution in [0.4, 0.5) is 5.69 Å². The zero-order valence-electron chi connectivity index (χ0n) is 12.5. The SMILES string of the molecule is COc1ccc(Cl)cc1NC(=O)c1c(O)c2cccnc2[nH]c1=O. The molecule has 1 aromatic carbocycles. The van der Waals surface area contributed by atoms with Gasteiger partial charge in [0.25, 0.3) is 11.5 Å². The second-order valence-electron chi connectivity index (χ2n) is 4.88. The first-order valence-corrected chi connectivity index (χ1v) is 7.24. The summed E-state index contributed by atoms with van der Waals surface area (Å²) < 4.78 is 5.14. The summed E-state index contributed by atoms with van der Waals surface area (Å²) in [7, 11) is 1.44. The van der Waals surface area contributed by atoms with Crippen LogP contribution in [0, 0.1) is 0 Å². The molecule has 0 atom stereocenters. The number of halogens is 1. The summed E-state index contributed by atoms with van der Waals surface area (Å²) in [5, 5.41) is 13.4. The third kappa shape index (κ3) is 2.77. The number of nitrogens with one attached hydrogen (secondary N) is 2. The molecule has 24 heavy (non-hydrogen) atoms. The molecule has 0 aliphatic heterocycles. The Bertz CT molecular complexity index is 1000. The molecular weight excluding hydrogens is 334 g/mol. The third-order valence-electron chi connectivity index (χ3n) is 3.40. The van der Waals surface area contributed by atoms with Crippen LogP contribution < -0.4 is 15.6 Å². The van der Waals surface area contributed by atoms with Crippen molar-refractivity contribution in [2.75, 3.05) is 12.4 Å². The number of ether oxygens (including phenoxy) is 1. The van der Waals surface area contributed by atoms with Crippen molar-refractivity contribution in [3.05, 3.63) is 57.5 Å². The van der Waals surface area contributed by atoms with Gasteiger partial charge in [0.05, 0.1) is 18.2 Å². The van der Waals surface area contributed by atoms with E-state index in [1.165, 1.54) is 19.4 Å². The smallest absolute Gasteiger partial charge is 0.266 e. The molecule has 0 fully saturated rings. The van der Waals surface area contributed by atoms with Gasteiger partial charge in [-0.25, -0.2) is 4.98 Å². The van der Waals surface area contributed by atoms with E-state index in [1.54, 1.807) is 24.3 Å². The Morgan fingerprint density at radius 1 is 1.38 bits per heavy atom. The van der Waals surface area contributed by atoms with Crippen LogP contribution in [0.2, 0.25) is 5.02 Å². The van der Waals surface area contributed by atoms with Crippen molar-refractivity contribution in [1.29, 1.82) is 0 Å². The molecule has 0 spiro atoms. The van der Waals surface area contributed by atoms with Crippen LogP contribution in [-0.4, -0.2) is 28.1 Å². The lowest BCUT2D eigenvalue weighted by Crippen LogP contribution is -2.23. The minimum absolute atomic E-state index is 0.192. The van der Waals surface area contributed by atoms with E-state index in [9.17, 15) is 14.7 Å². The lowest BCUT2D eigenvalue weighted by Gasteiger charge is -2.11.